The van der Waals surface area contributed by atoms with E-state index in [1.54, 1.807) is 24.0 Å². The van der Waals surface area contributed by atoms with Crippen molar-refractivity contribution in [2.24, 2.45) is 7.05 Å². The zero-order chi connectivity index (χ0) is 11.5. The van der Waals surface area contributed by atoms with E-state index in [1.165, 1.54) is 0 Å². The van der Waals surface area contributed by atoms with E-state index in [9.17, 15) is 4.79 Å². The lowest BCUT2D eigenvalue weighted by molar-refractivity contribution is 0.0709. The van der Waals surface area contributed by atoms with E-state index in [-0.39, 0.29) is 18.1 Å². The molecule has 0 bridgehead atoms. The fraction of sp³-hybridized carbons (Fsp3) is 0.636. The van der Waals surface area contributed by atoms with Gasteiger partial charge in [-0.15, -0.1) is 0 Å². The number of ether oxygens (including phenoxy) is 1. The van der Waals surface area contributed by atoms with Crippen LogP contribution >= 0.6 is 0 Å². The molecular weight excluding hydrogens is 206 g/mol. The normalized spacial score (nSPS) is 22.0. The first-order chi connectivity index (χ1) is 7.66. The maximum Gasteiger partial charge on any atom is 0.272 e. The second kappa shape index (κ2) is 4.65. The number of amides is 1. The van der Waals surface area contributed by atoms with E-state index in [1.807, 2.05) is 6.92 Å². The van der Waals surface area contributed by atoms with Gasteiger partial charge in [0.05, 0.1) is 12.1 Å². The maximum absolute atomic E-state index is 11.8. The lowest BCUT2D eigenvalue weighted by Crippen LogP contribution is -2.41. The molecule has 0 spiro atoms. The molecule has 2 rings (SSSR count). The van der Waals surface area contributed by atoms with Gasteiger partial charge < -0.3 is 10.1 Å². The van der Waals surface area contributed by atoms with Crippen LogP contribution in [0.4, 0.5) is 0 Å². The molecular formula is C11H17N3O2. The number of carbonyl (C=O) groups excluding carboxylic acids is 1. The molecule has 1 aromatic heterocycles. The summed E-state index contributed by atoms with van der Waals surface area (Å²) in [5, 5.41) is 6.97. The van der Waals surface area contributed by atoms with Crippen molar-refractivity contribution in [3.05, 3.63) is 18.0 Å². The fourth-order valence-corrected chi connectivity index (χ4v) is 1.91. The van der Waals surface area contributed by atoms with E-state index in [0.29, 0.717) is 5.69 Å². The lowest BCUT2D eigenvalue weighted by atomic mass is 10.1. The molecule has 1 saturated heterocycles. The number of aromatic nitrogens is 2. The summed E-state index contributed by atoms with van der Waals surface area (Å²) in [6.45, 7) is 2.77. The zero-order valence-electron chi connectivity index (χ0n) is 9.64. The number of hydrogen-bond donors (Lipinski definition) is 1. The molecule has 2 heterocycles. The Hall–Kier alpha value is -1.36. The van der Waals surface area contributed by atoms with Gasteiger partial charge in [0, 0.05) is 19.9 Å². The van der Waals surface area contributed by atoms with Gasteiger partial charge in [-0.3, -0.25) is 9.48 Å². The van der Waals surface area contributed by atoms with E-state index in [2.05, 4.69) is 10.4 Å². The van der Waals surface area contributed by atoms with Gasteiger partial charge in [0.2, 0.25) is 0 Å². The first-order valence-electron chi connectivity index (χ1n) is 5.59. The van der Waals surface area contributed by atoms with Gasteiger partial charge in [-0.1, -0.05) is 0 Å². The molecule has 0 unspecified atom stereocenters. The number of carbonyl (C=O) groups is 1. The van der Waals surface area contributed by atoms with Gasteiger partial charge in [-0.05, 0) is 25.8 Å². The number of nitrogens with one attached hydrogen (secondary N) is 1. The highest BCUT2D eigenvalue weighted by molar-refractivity contribution is 5.92. The molecule has 0 radical (unpaired) electrons. The predicted molar refractivity (Wildman–Crippen MR) is 59.1 cm³/mol. The lowest BCUT2D eigenvalue weighted by Gasteiger charge is -2.19. The Labute approximate surface area is 94.8 Å². The number of aryl methyl sites for hydroxylation is 1. The Morgan fingerprint density at radius 2 is 2.56 bits per heavy atom. The topological polar surface area (TPSA) is 56.2 Å². The van der Waals surface area contributed by atoms with Crippen LogP contribution in [0, 0.1) is 0 Å². The summed E-state index contributed by atoms with van der Waals surface area (Å²) in [6, 6.07) is 1.74. The first-order valence-corrected chi connectivity index (χ1v) is 5.59. The van der Waals surface area contributed by atoms with E-state index in [0.717, 1.165) is 19.4 Å². The average Bonchev–Trinajstić information content (AvgIpc) is 2.87. The van der Waals surface area contributed by atoms with Crippen LogP contribution < -0.4 is 5.32 Å². The summed E-state index contributed by atoms with van der Waals surface area (Å²) < 4.78 is 7.13. The van der Waals surface area contributed by atoms with Crippen molar-refractivity contribution in [3.8, 4) is 0 Å². The molecule has 1 fully saturated rings. The third-order valence-electron chi connectivity index (χ3n) is 2.83. The maximum atomic E-state index is 11.8. The minimum Gasteiger partial charge on any atom is -0.376 e. The molecule has 1 aliphatic rings. The van der Waals surface area contributed by atoms with Crippen molar-refractivity contribution < 1.29 is 9.53 Å². The van der Waals surface area contributed by atoms with Crippen LogP contribution in [-0.4, -0.2) is 34.4 Å². The Balaban J connectivity index is 1.91. The smallest absolute Gasteiger partial charge is 0.272 e. The molecule has 0 saturated carbocycles. The highest BCUT2D eigenvalue weighted by atomic mass is 16.5. The van der Waals surface area contributed by atoms with E-state index < -0.39 is 0 Å². The van der Waals surface area contributed by atoms with Gasteiger partial charge in [0.1, 0.15) is 5.69 Å². The Bertz CT molecular complexity index is 369. The van der Waals surface area contributed by atoms with Crippen LogP contribution in [0.5, 0.6) is 0 Å². The minimum absolute atomic E-state index is 0.0389. The monoisotopic (exact) mass is 223 g/mol. The SMILES string of the molecule is C[C@@H](NC(=O)c1ccn(C)n1)[C@@H]1CCCO1. The van der Waals surface area contributed by atoms with Gasteiger partial charge in [-0.25, -0.2) is 0 Å². The van der Waals surface area contributed by atoms with Crippen molar-refractivity contribution in [2.45, 2.75) is 31.9 Å². The van der Waals surface area contributed by atoms with Crippen molar-refractivity contribution >= 4 is 5.91 Å². The standard InChI is InChI=1S/C11H17N3O2/c1-8(10-4-3-7-16-10)12-11(15)9-5-6-14(2)13-9/h5-6,8,10H,3-4,7H2,1-2H3,(H,12,15)/t8-,10+/m1/s1. The molecule has 1 aliphatic heterocycles. The zero-order valence-corrected chi connectivity index (χ0v) is 9.64. The third-order valence-corrected chi connectivity index (χ3v) is 2.83. The molecule has 1 N–H and O–H groups in total. The Kier molecular flexibility index (Phi) is 3.24. The molecule has 88 valence electrons. The number of nitrogens with zero attached hydrogens (tertiary/aromatic N) is 2. The molecule has 2 atom stereocenters. The van der Waals surface area contributed by atoms with Crippen LogP contribution in [0.1, 0.15) is 30.3 Å². The molecule has 16 heavy (non-hydrogen) atoms. The largest absolute Gasteiger partial charge is 0.376 e. The Morgan fingerprint density at radius 3 is 3.12 bits per heavy atom. The molecule has 1 amide bonds. The summed E-state index contributed by atoms with van der Waals surface area (Å²) in [5.74, 6) is -0.136. The van der Waals surface area contributed by atoms with E-state index >= 15 is 0 Å². The molecule has 5 heteroatoms. The Morgan fingerprint density at radius 1 is 1.75 bits per heavy atom. The second-order valence-electron chi connectivity index (χ2n) is 4.19. The summed E-state index contributed by atoms with van der Waals surface area (Å²) in [5.41, 5.74) is 0.451. The predicted octanol–water partition coefficient (Wildman–Crippen LogP) is 0.717. The van der Waals surface area contributed by atoms with E-state index in [4.69, 9.17) is 4.74 Å². The van der Waals surface area contributed by atoms with Crippen LogP contribution in [0.3, 0.4) is 0 Å². The molecule has 0 aliphatic carbocycles. The molecule has 5 nitrogen and oxygen atoms in total. The second-order valence-corrected chi connectivity index (χ2v) is 4.19. The molecule has 1 aromatic rings. The van der Waals surface area contributed by atoms with Gasteiger partial charge in [0.15, 0.2) is 0 Å². The van der Waals surface area contributed by atoms with Crippen molar-refractivity contribution in [1.29, 1.82) is 0 Å². The van der Waals surface area contributed by atoms with Crippen LogP contribution in [0.2, 0.25) is 0 Å². The van der Waals surface area contributed by atoms with Crippen molar-refractivity contribution in [3.63, 3.8) is 0 Å². The van der Waals surface area contributed by atoms with Crippen LogP contribution in [0.15, 0.2) is 12.3 Å². The number of hydrogen-bond acceptors (Lipinski definition) is 3. The highest BCUT2D eigenvalue weighted by Crippen LogP contribution is 2.15. The van der Waals surface area contributed by atoms with Crippen LogP contribution in [0.25, 0.3) is 0 Å². The summed E-state index contributed by atoms with van der Waals surface area (Å²) >= 11 is 0. The quantitative estimate of drug-likeness (QED) is 0.821. The van der Waals surface area contributed by atoms with Crippen LogP contribution in [-0.2, 0) is 11.8 Å². The van der Waals surface area contributed by atoms with Gasteiger partial charge >= 0.3 is 0 Å². The third kappa shape index (κ3) is 2.41. The summed E-state index contributed by atoms with van der Waals surface area (Å²) in [4.78, 5) is 11.8. The average molecular weight is 223 g/mol. The first kappa shape index (κ1) is 11.1. The highest BCUT2D eigenvalue weighted by Gasteiger charge is 2.24. The minimum atomic E-state index is -0.136. The van der Waals surface area contributed by atoms with Crippen molar-refractivity contribution in [1.82, 2.24) is 15.1 Å². The fourth-order valence-electron chi connectivity index (χ4n) is 1.91. The summed E-state index contributed by atoms with van der Waals surface area (Å²) in [6.07, 6.45) is 4.00. The number of rotatable bonds is 3. The van der Waals surface area contributed by atoms with Crippen molar-refractivity contribution in [2.75, 3.05) is 6.61 Å². The van der Waals surface area contributed by atoms with Gasteiger partial charge in [0.25, 0.3) is 5.91 Å². The molecule has 0 aromatic carbocycles. The van der Waals surface area contributed by atoms with Gasteiger partial charge in [-0.2, -0.15) is 5.10 Å². The summed E-state index contributed by atoms with van der Waals surface area (Å²) in [7, 11) is 1.79.